The van der Waals surface area contributed by atoms with Gasteiger partial charge in [0.25, 0.3) is 0 Å². The van der Waals surface area contributed by atoms with Gasteiger partial charge >= 0.3 is 0 Å². The second-order valence-electron chi connectivity index (χ2n) is 4.31. The first-order chi connectivity index (χ1) is 7.12. The first-order valence-electron chi connectivity index (χ1n) is 6.00. The Morgan fingerprint density at radius 3 is 1.67 bits per heavy atom. The number of hydrogen-bond donors (Lipinski definition) is 1. The average Bonchev–Trinajstić information content (AvgIpc) is 2.20. The van der Waals surface area contributed by atoms with Gasteiger partial charge in [-0.25, -0.2) is 0 Å². The molecule has 0 aromatic carbocycles. The van der Waals surface area contributed by atoms with Crippen molar-refractivity contribution in [3.63, 3.8) is 0 Å². The Kier molecular flexibility index (Phi) is 9.06. The zero-order valence-corrected chi connectivity index (χ0v) is 10.4. The Bertz CT molecular complexity index is 121. The van der Waals surface area contributed by atoms with Crippen molar-refractivity contribution in [3.05, 3.63) is 0 Å². The molecule has 3 heteroatoms. The summed E-state index contributed by atoms with van der Waals surface area (Å²) in [6, 6.07) is 0. The lowest BCUT2D eigenvalue weighted by Gasteiger charge is -2.22. The summed E-state index contributed by atoms with van der Waals surface area (Å²) < 4.78 is 10.7. The van der Waals surface area contributed by atoms with Gasteiger partial charge in [0.15, 0.2) is 0 Å². The number of aliphatic hydroxyl groups is 1. The summed E-state index contributed by atoms with van der Waals surface area (Å²) >= 11 is 0. The zero-order chi connectivity index (χ0) is 11.6. The van der Waals surface area contributed by atoms with Crippen LogP contribution < -0.4 is 0 Å². The topological polar surface area (TPSA) is 38.7 Å². The third-order valence-electron chi connectivity index (χ3n) is 2.11. The molecular formula is C12H26O3. The van der Waals surface area contributed by atoms with Crippen molar-refractivity contribution in [2.45, 2.75) is 52.1 Å². The Hall–Kier alpha value is -0.120. The summed E-state index contributed by atoms with van der Waals surface area (Å²) in [4.78, 5) is 0. The molecule has 0 saturated heterocycles. The maximum absolute atomic E-state index is 9.86. The van der Waals surface area contributed by atoms with Crippen molar-refractivity contribution in [1.82, 2.24) is 0 Å². The molecular weight excluding hydrogens is 192 g/mol. The summed E-state index contributed by atoms with van der Waals surface area (Å²) in [7, 11) is 0. The van der Waals surface area contributed by atoms with Gasteiger partial charge in [-0.05, 0) is 19.8 Å². The lowest BCUT2D eigenvalue weighted by atomic mass is 10.1. The van der Waals surface area contributed by atoms with Crippen LogP contribution in [0, 0.1) is 0 Å². The van der Waals surface area contributed by atoms with Gasteiger partial charge in [-0.1, -0.05) is 26.7 Å². The fraction of sp³-hybridized carbons (Fsp3) is 1.00. The summed E-state index contributed by atoms with van der Waals surface area (Å²) in [5, 5.41) is 9.86. The molecule has 0 aromatic rings. The highest BCUT2D eigenvalue weighted by Crippen LogP contribution is 2.06. The van der Waals surface area contributed by atoms with Crippen LogP contribution in [0.2, 0.25) is 0 Å². The van der Waals surface area contributed by atoms with Crippen LogP contribution >= 0.6 is 0 Å². The molecule has 0 atom stereocenters. The van der Waals surface area contributed by atoms with Gasteiger partial charge in [-0.3, -0.25) is 0 Å². The summed E-state index contributed by atoms with van der Waals surface area (Å²) in [6.07, 6.45) is 4.34. The highest BCUT2D eigenvalue weighted by atomic mass is 16.5. The molecule has 0 rings (SSSR count). The van der Waals surface area contributed by atoms with Crippen LogP contribution in [0.5, 0.6) is 0 Å². The third kappa shape index (κ3) is 10.2. The number of hydrogen-bond acceptors (Lipinski definition) is 3. The molecule has 15 heavy (non-hydrogen) atoms. The van der Waals surface area contributed by atoms with Crippen molar-refractivity contribution in [2.24, 2.45) is 0 Å². The predicted molar refractivity (Wildman–Crippen MR) is 62.1 cm³/mol. The van der Waals surface area contributed by atoms with Crippen molar-refractivity contribution < 1.29 is 14.6 Å². The molecule has 0 heterocycles. The Morgan fingerprint density at radius 1 is 0.933 bits per heavy atom. The van der Waals surface area contributed by atoms with Crippen LogP contribution in [0.4, 0.5) is 0 Å². The van der Waals surface area contributed by atoms with E-state index in [4.69, 9.17) is 9.47 Å². The lowest BCUT2D eigenvalue weighted by Crippen LogP contribution is -2.36. The SMILES string of the molecule is CCCCOCC(C)(O)COCCCC. The van der Waals surface area contributed by atoms with E-state index in [0.717, 1.165) is 38.9 Å². The van der Waals surface area contributed by atoms with Crippen LogP contribution in [0.1, 0.15) is 46.5 Å². The molecule has 0 radical (unpaired) electrons. The number of unbranched alkanes of at least 4 members (excludes halogenated alkanes) is 2. The van der Waals surface area contributed by atoms with E-state index in [9.17, 15) is 5.11 Å². The molecule has 0 spiro atoms. The molecule has 0 bridgehead atoms. The minimum atomic E-state index is -0.846. The quantitative estimate of drug-likeness (QED) is 0.572. The van der Waals surface area contributed by atoms with Gasteiger partial charge in [0, 0.05) is 13.2 Å². The molecule has 0 aliphatic heterocycles. The normalized spacial score (nSPS) is 12.0. The van der Waals surface area contributed by atoms with Crippen LogP contribution in [-0.2, 0) is 9.47 Å². The van der Waals surface area contributed by atoms with Gasteiger partial charge in [-0.15, -0.1) is 0 Å². The van der Waals surface area contributed by atoms with Gasteiger partial charge in [0.2, 0.25) is 0 Å². The maximum Gasteiger partial charge on any atom is 0.108 e. The fourth-order valence-corrected chi connectivity index (χ4v) is 1.12. The van der Waals surface area contributed by atoms with Gasteiger partial charge in [0.05, 0.1) is 13.2 Å². The molecule has 0 unspecified atom stereocenters. The van der Waals surface area contributed by atoms with Crippen molar-refractivity contribution in [1.29, 1.82) is 0 Å². The second-order valence-corrected chi connectivity index (χ2v) is 4.31. The number of rotatable bonds is 10. The van der Waals surface area contributed by atoms with E-state index in [-0.39, 0.29) is 0 Å². The van der Waals surface area contributed by atoms with E-state index in [1.165, 1.54) is 0 Å². The summed E-state index contributed by atoms with van der Waals surface area (Å²) in [5.41, 5.74) is -0.846. The molecule has 92 valence electrons. The number of ether oxygens (including phenoxy) is 2. The van der Waals surface area contributed by atoms with Gasteiger partial charge in [-0.2, -0.15) is 0 Å². The molecule has 0 fully saturated rings. The molecule has 0 aliphatic rings. The largest absolute Gasteiger partial charge is 0.385 e. The Labute approximate surface area is 93.8 Å². The van der Waals surface area contributed by atoms with Crippen LogP contribution in [0.25, 0.3) is 0 Å². The molecule has 0 amide bonds. The zero-order valence-electron chi connectivity index (χ0n) is 10.4. The standard InChI is InChI=1S/C12H26O3/c1-4-6-8-14-10-12(3,13)11-15-9-7-5-2/h13H,4-11H2,1-3H3. The molecule has 1 N–H and O–H groups in total. The van der Waals surface area contributed by atoms with Gasteiger partial charge < -0.3 is 14.6 Å². The van der Waals surface area contributed by atoms with Crippen molar-refractivity contribution in [3.8, 4) is 0 Å². The Morgan fingerprint density at radius 2 is 1.33 bits per heavy atom. The summed E-state index contributed by atoms with van der Waals surface area (Å²) in [6.45, 7) is 8.16. The minimum Gasteiger partial charge on any atom is -0.385 e. The average molecular weight is 218 g/mol. The first-order valence-corrected chi connectivity index (χ1v) is 6.00. The van der Waals surface area contributed by atoms with Gasteiger partial charge in [0.1, 0.15) is 5.60 Å². The maximum atomic E-state index is 9.86. The van der Waals surface area contributed by atoms with Crippen molar-refractivity contribution >= 4 is 0 Å². The van der Waals surface area contributed by atoms with Crippen molar-refractivity contribution in [2.75, 3.05) is 26.4 Å². The highest BCUT2D eigenvalue weighted by molar-refractivity contribution is 4.70. The van der Waals surface area contributed by atoms with Crippen LogP contribution in [0.15, 0.2) is 0 Å². The van der Waals surface area contributed by atoms with E-state index >= 15 is 0 Å². The smallest absolute Gasteiger partial charge is 0.108 e. The molecule has 3 nitrogen and oxygen atoms in total. The van der Waals surface area contributed by atoms with E-state index in [1.54, 1.807) is 6.92 Å². The van der Waals surface area contributed by atoms with E-state index in [0.29, 0.717) is 13.2 Å². The predicted octanol–water partition coefficient (Wildman–Crippen LogP) is 2.37. The Balaban J connectivity index is 3.40. The summed E-state index contributed by atoms with van der Waals surface area (Å²) in [5.74, 6) is 0. The molecule has 0 saturated carbocycles. The van der Waals surface area contributed by atoms with E-state index in [2.05, 4.69) is 13.8 Å². The van der Waals surface area contributed by atoms with E-state index in [1.807, 2.05) is 0 Å². The van der Waals surface area contributed by atoms with E-state index < -0.39 is 5.60 Å². The van der Waals surface area contributed by atoms with Crippen LogP contribution in [-0.4, -0.2) is 37.1 Å². The fourth-order valence-electron chi connectivity index (χ4n) is 1.12. The lowest BCUT2D eigenvalue weighted by molar-refractivity contribution is -0.0847. The minimum absolute atomic E-state index is 0.360. The first kappa shape index (κ1) is 14.9. The molecule has 0 aromatic heterocycles. The molecule has 0 aliphatic carbocycles. The highest BCUT2D eigenvalue weighted by Gasteiger charge is 2.20. The second kappa shape index (κ2) is 9.13. The van der Waals surface area contributed by atoms with Crippen LogP contribution in [0.3, 0.4) is 0 Å². The monoisotopic (exact) mass is 218 g/mol. The third-order valence-corrected chi connectivity index (χ3v) is 2.11.